The molecule has 1 amide bonds. The first-order valence-corrected chi connectivity index (χ1v) is 7.83. The van der Waals surface area contributed by atoms with Gasteiger partial charge in [0.15, 0.2) is 0 Å². The van der Waals surface area contributed by atoms with Crippen LogP contribution in [-0.4, -0.2) is 31.0 Å². The predicted molar refractivity (Wildman–Crippen MR) is 94.5 cm³/mol. The molecule has 0 saturated carbocycles. The number of aromatic nitrogens is 4. The van der Waals surface area contributed by atoms with E-state index in [1.807, 2.05) is 31.2 Å². The first-order valence-electron chi connectivity index (χ1n) is 7.83. The summed E-state index contributed by atoms with van der Waals surface area (Å²) in [5, 5.41) is 25.6. The van der Waals surface area contributed by atoms with Crippen molar-refractivity contribution in [1.29, 1.82) is 0 Å². The Balaban J connectivity index is 1.73. The van der Waals surface area contributed by atoms with E-state index in [0.29, 0.717) is 11.5 Å². The van der Waals surface area contributed by atoms with Gasteiger partial charge in [-0.1, -0.05) is 30.3 Å². The zero-order valence-electron chi connectivity index (χ0n) is 14.2. The Morgan fingerprint density at radius 1 is 1.19 bits per heavy atom. The molecule has 132 valence electrons. The highest BCUT2D eigenvalue weighted by Gasteiger charge is 2.14. The number of anilines is 1. The number of aryl methyl sites for hydroxylation is 2. The standard InChI is InChI=1S/C17H16N6O3/c1-11-5-3-4-6-14(11)17-19-21-22(20-17)10-16(24)18-15-9-13(23(25)26)8-7-12(15)2/h3-9H,10H2,1-2H3,(H,18,24). The van der Waals surface area contributed by atoms with Crippen molar-refractivity contribution in [2.75, 3.05) is 5.32 Å². The van der Waals surface area contributed by atoms with E-state index < -0.39 is 10.8 Å². The van der Waals surface area contributed by atoms with E-state index in [1.165, 1.54) is 16.9 Å². The molecule has 1 aromatic heterocycles. The number of carbonyl (C=O) groups excluding carboxylic acids is 1. The van der Waals surface area contributed by atoms with Gasteiger partial charge in [-0.05, 0) is 30.2 Å². The predicted octanol–water partition coefficient (Wildman–Crippen LogP) is 2.50. The maximum Gasteiger partial charge on any atom is 0.271 e. The molecule has 0 aliphatic rings. The van der Waals surface area contributed by atoms with Crippen LogP contribution in [0.4, 0.5) is 11.4 Å². The molecule has 0 aliphatic carbocycles. The first kappa shape index (κ1) is 17.2. The molecule has 26 heavy (non-hydrogen) atoms. The van der Waals surface area contributed by atoms with Gasteiger partial charge in [-0.2, -0.15) is 4.80 Å². The summed E-state index contributed by atoms with van der Waals surface area (Å²) in [4.78, 5) is 23.8. The van der Waals surface area contributed by atoms with Gasteiger partial charge < -0.3 is 5.32 Å². The molecule has 9 heteroatoms. The molecule has 0 spiro atoms. The lowest BCUT2D eigenvalue weighted by Crippen LogP contribution is -2.21. The lowest BCUT2D eigenvalue weighted by atomic mass is 10.1. The van der Waals surface area contributed by atoms with Gasteiger partial charge in [0.1, 0.15) is 6.54 Å². The second kappa shape index (κ2) is 7.09. The van der Waals surface area contributed by atoms with Gasteiger partial charge in [-0.25, -0.2) is 0 Å². The van der Waals surface area contributed by atoms with E-state index in [-0.39, 0.29) is 12.2 Å². The van der Waals surface area contributed by atoms with Gasteiger partial charge >= 0.3 is 0 Å². The van der Waals surface area contributed by atoms with Crippen LogP contribution in [0.15, 0.2) is 42.5 Å². The normalized spacial score (nSPS) is 10.5. The summed E-state index contributed by atoms with van der Waals surface area (Å²) >= 11 is 0. The maximum atomic E-state index is 12.2. The van der Waals surface area contributed by atoms with Gasteiger partial charge in [0.2, 0.25) is 11.7 Å². The number of amides is 1. The van der Waals surface area contributed by atoms with E-state index in [4.69, 9.17) is 0 Å². The minimum atomic E-state index is -0.511. The highest BCUT2D eigenvalue weighted by atomic mass is 16.6. The quantitative estimate of drug-likeness (QED) is 0.557. The Morgan fingerprint density at radius 3 is 2.69 bits per heavy atom. The van der Waals surface area contributed by atoms with E-state index in [2.05, 4.69) is 20.7 Å². The van der Waals surface area contributed by atoms with Gasteiger partial charge in [0, 0.05) is 17.7 Å². The highest BCUT2D eigenvalue weighted by Crippen LogP contribution is 2.22. The van der Waals surface area contributed by atoms with Crippen LogP contribution in [-0.2, 0) is 11.3 Å². The Hall–Kier alpha value is -3.62. The monoisotopic (exact) mass is 352 g/mol. The third-order valence-corrected chi connectivity index (χ3v) is 3.83. The molecular formula is C17H16N6O3. The molecule has 9 nitrogen and oxygen atoms in total. The molecule has 0 aliphatic heterocycles. The Kier molecular flexibility index (Phi) is 4.70. The largest absolute Gasteiger partial charge is 0.324 e. The summed E-state index contributed by atoms with van der Waals surface area (Å²) in [6, 6.07) is 11.9. The summed E-state index contributed by atoms with van der Waals surface area (Å²) in [6.45, 7) is 3.54. The summed E-state index contributed by atoms with van der Waals surface area (Å²) < 4.78 is 0. The van der Waals surface area contributed by atoms with Crippen molar-refractivity contribution in [3.8, 4) is 11.4 Å². The molecule has 0 atom stereocenters. The number of rotatable bonds is 5. The minimum absolute atomic E-state index is 0.0911. The first-order chi connectivity index (χ1) is 12.4. The lowest BCUT2D eigenvalue weighted by Gasteiger charge is -2.07. The van der Waals surface area contributed by atoms with Crippen LogP contribution in [0.1, 0.15) is 11.1 Å². The number of nitro groups is 1. The smallest absolute Gasteiger partial charge is 0.271 e. The molecule has 2 aromatic carbocycles. The lowest BCUT2D eigenvalue weighted by molar-refractivity contribution is -0.384. The second-order valence-corrected chi connectivity index (χ2v) is 5.76. The van der Waals surface area contributed by atoms with E-state index in [0.717, 1.165) is 16.7 Å². The van der Waals surface area contributed by atoms with Crippen LogP contribution in [0.3, 0.4) is 0 Å². The average Bonchev–Trinajstić information content (AvgIpc) is 3.05. The van der Waals surface area contributed by atoms with Gasteiger partial charge in [0.25, 0.3) is 5.69 Å². The third kappa shape index (κ3) is 3.72. The van der Waals surface area contributed by atoms with Crippen LogP contribution in [0.25, 0.3) is 11.4 Å². The van der Waals surface area contributed by atoms with Crippen molar-refractivity contribution in [1.82, 2.24) is 20.2 Å². The van der Waals surface area contributed by atoms with Gasteiger partial charge in [-0.15, -0.1) is 10.2 Å². The third-order valence-electron chi connectivity index (χ3n) is 3.83. The van der Waals surface area contributed by atoms with Crippen molar-refractivity contribution in [2.24, 2.45) is 0 Å². The van der Waals surface area contributed by atoms with Crippen molar-refractivity contribution in [3.05, 3.63) is 63.7 Å². The number of nitrogens with one attached hydrogen (secondary N) is 1. The topological polar surface area (TPSA) is 116 Å². The summed E-state index contributed by atoms with van der Waals surface area (Å²) in [7, 11) is 0. The van der Waals surface area contributed by atoms with E-state index in [1.54, 1.807) is 13.0 Å². The number of hydrogen-bond acceptors (Lipinski definition) is 6. The molecule has 0 saturated heterocycles. The maximum absolute atomic E-state index is 12.2. The SMILES string of the molecule is Cc1ccc([N+](=O)[O-])cc1NC(=O)Cn1nnc(-c2ccccc2C)n1. The van der Waals surface area contributed by atoms with E-state index in [9.17, 15) is 14.9 Å². The number of tetrazole rings is 1. The molecule has 0 radical (unpaired) electrons. The Bertz CT molecular complexity index is 982. The fourth-order valence-electron chi connectivity index (χ4n) is 2.42. The van der Waals surface area contributed by atoms with Crippen molar-refractivity contribution in [2.45, 2.75) is 20.4 Å². The molecule has 3 rings (SSSR count). The number of non-ortho nitro benzene ring substituents is 1. The zero-order chi connectivity index (χ0) is 18.7. The van der Waals surface area contributed by atoms with Crippen molar-refractivity contribution in [3.63, 3.8) is 0 Å². The molecule has 0 unspecified atom stereocenters. The van der Waals surface area contributed by atoms with Crippen LogP contribution in [0, 0.1) is 24.0 Å². The minimum Gasteiger partial charge on any atom is -0.324 e. The summed E-state index contributed by atoms with van der Waals surface area (Å²) in [5.74, 6) is 0.0322. The summed E-state index contributed by atoms with van der Waals surface area (Å²) in [6.07, 6.45) is 0. The van der Waals surface area contributed by atoms with Crippen molar-refractivity contribution < 1.29 is 9.72 Å². The average molecular weight is 352 g/mol. The fourth-order valence-corrected chi connectivity index (χ4v) is 2.42. The molecule has 0 fully saturated rings. The fraction of sp³-hybridized carbons (Fsp3) is 0.176. The molecule has 1 heterocycles. The number of benzene rings is 2. The molecule has 0 bridgehead atoms. The van der Waals surface area contributed by atoms with Gasteiger partial charge in [0.05, 0.1) is 10.6 Å². The van der Waals surface area contributed by atoms with Crippen LogP contribution in [0.5, 0.6) is 0 Å². The second-order valence-electron chi connectivity index (χ2n) is 5.76. The van der Waals surface area contributed by atoms with Gasteiger partial charge in [-0.3, -0.25) is 14.9 Å². The number of carbonyl (C=O) groups is 1. The van der Waals surface area contributed by atoms with Crippen molar-refractivity contribution >= 4 is 17.3 Å². The number of nitrogens with zero attached hydrogens (tertiary/aromatic N) is 5. The summed E-state index contributed by atoms with van der Waals surface area (Å²) in [5.41, 5.74) is 2.85. The molecular weight excluding hydrogens is 336 g/mol. The molecule has 1 N–H and O–H groups in total. The Morgan fingerprint density at radius 2 is 1.96 bits per heavy atom. The van der Waals surface area contributed by atoms with Crippen LogP contribution >= 0.6 is 0 Å². The zero-order valence-corrected chi connectivity index (χ0v) is 14.2. The van der Waals surface area contributed by atoms with Crippen LogP contribution in [0.2, 0.25) is 0 Å². The number of nitro benzene ring substituents is 1. The van der Waals surface area contributed by atoms with E-state index >= 15 is 0 Å². The number of hydrogen-bond donors (Lipinski definition) is 1. The Labute approximate surface area is 148 Å². The molecule has 3 aromatic rings. The van der Waals surface area contributed by atoms with Crippen LogP contribution < -0.4 is 5.32 Å². The highest BCUT2D eigenvalue weighted by molar-refractivity contribution is 5.91.